The first kappa shape index (κ1) is 118. The Balaban J connectivity index is 1.81. The number of carboxylic acids is 12. The number of carboxylic acid groups (broad SMARTS) is 12. The largest absolute Gasteiger partial charge is 0.480 e. The Morgan fingerprint density at radius 3 is 0.387 bits per heavy atom. The molecule has 4 aliphatic heterocycles. The van der Waals surface area contributed by atoms with Crippen LogP contribution >= 0.6 is 0 Å². The van der Waals surface area contributed by atoms with Crippen LogP contribution in [0.15, 0.2) is 0 Å². The van der Waals surface area contributed by atoms with Gasteiger partial charge < -0.3 is 104 Å². The van der Waals surface area contributed by atoms with Crippen molar-refractivity contribution in [1.82, 2.24) is 121 Å². The highest BCUT2D eigenvalue weighted by molar-refractivity contribution is 5.90. The summed E-state index contributed by atoms with van der Waals surface area (Å²) in [6, 6.07) is -4.54. The second-order valence-electron chi connectivity index (χ2n) is 34.4. The molecule has 56 heteroatoms. The first-order valence-electron chi connectivity index (χ1n) is 45.1. The normalized spacial score (nSPS) is 19.2. The molecule has 0 saturated carbocycles. The van der Waals surface area contributed by atoms with Crippen molar-refractivity contribution in [3.63, 3.8) is 0 Å². The molecule has 4 fully saturated rings. The predicted octanol–water partition coefficient (Wildman–Crippen LogP) is -13.6. The highest BCUT2D eigenvalue weighted by atomic mass is 16.4. The fourth-order valence-corrected chi connectivity index (χ4v) is 15.6. The molecular formula is C81H140N24O32. The summed E-state index contributed by atoms with van der Waals surface area (Å²) in [5.41, 5.74) is -1.89. The van der Waals surface area contributed by atoms with Gasteiger partial charge in [-0.1, -0.05) is 0 Å². The van der Waals surface area contributed by atoms with Crippen molar-refractivity contribution in [2.24, 2.45) is 5.41 Å². The standard InChI is InChI=1S/C81H140N24O32/c1-57(102-29-21-94(45-69(118)119)13-5-90(41-65(110)111)6-14-95(22-30-102)46-70(120)121)77(134)82-37-61(106)86-53-81(54-87-62(107)38-83-78(135)58(2)103-31-23-96(47-71(122)123)15-7-91(42-66(112)113)8-16-97(24-32-103)48-72(124)125,55-88-63(108)39-84-79(136)59(3)104-33-25-98(49-73(126)127)17-9-92(43-67(114)115)10-18-99(26-34-104)50-74(128)129)56-89-64(109)40-85-80(137)60(4)105-35-27-100(51-75(130)131)19-11-93(44-68(116)117)12-20-101(28-36-105)52-76(132)133/h57-60H,5-56H2,1-4H3,(H,82,134)(H,83,135)(H,84,136)(H,85,137)(H,86,106)(H,87,107)(H,88,108)(H,89,109)(H,110,111)(H,112,113)(H,114,115)(H,116,117)(H,118,119)(H,120,121)(H,122,123)(H,124,125)(H,126,127)(H,128,129)(H,130,131)(H,132,133)/t57-,58-,59?,60?/m0/s1. The lowest BCUT2D eigenvalue weighted by molar-refractivity contribution is -0.141. The van der Waals surface area contributed by atoms with E-state index in [4.69, 9.17) is 0 Å². The lowest BCUT2D eigenvalue weighted by Crippen LogP contribution is -2.59. The van der Waals surface area contributed by atoms with Gasteiger partial charge in [0.05, 0.1) is 129 Å². The first-order valence-corrected chi connectivity index (χ1v) is 45.1. The van der Waals surface area contributed by atoms with E-state index in [0.717, 1.165) is 0 Å². The van der Waals surface area contributed by atoms with Crippen LogP contribution < -0.4 is 42.5 Å². The number of nitrogens with zero attached hydrogens (tertiary/aromatic N) is 16. The smallest absolute Gasteiger partial charge is 0.317 e. The van der Waals surface area contributed by atoms with Crippen molar-refractivity contribution in [3.8, 4) is 0 Å². The van der Waals surface area contributed by atoms with Crippen molar-refractivity contribution >= 4 is 119 Å². The maximum absolute atomic E-state index is 14.5. The molecular weight excluding hydrogens is 1820 g/mol. The van der Waals surface area contributed by atoms with Gasteiger partial charge in [-0.15, -0.1) is 0 Å². The summed E-state index contributed by atoms with van der Waals surface area (Å²) in [5.74, 6) is -21.4. The average molecular weight is 1960 g/mol. The Labute approximate surface area is 791 Å². The van der Waals surface area contributed by atoms with E-state index >= 15 is 0 Å². The van der Waals surface area contributed by atoms with Gasteiger partial charge in [0.25, 0.3) is 0 Å². The number of amides is 8. The SMILES string of the molecule is CC(C(=O)NCC(=O)NCC(CNC(=O)CNC(=O)C(C)N1CCN(CC(=O)O)CCN(CC(=O)O)CCN(CC(=O)O)CC1)(CNC(=O)CNC(=O)[C@H](C)N1CCN(CC(=O)O)CCN(CC(=O)O)CCN(CC(=O)O)CC1)CNC(=O)CNC(=O)[C@H](C)N1CCN(CC(=O)O)CCN(CC(=O)O)CCN(CC(=O)O)CC1)N1CCN(CC(=O)O)CCN(CC(=O)O)CCN(CC(=O)O)CC1. The van der Waals surface area contributed by atoms with E-state index in [0.29, 0.717) is 0 Å². The number of hydrogen-bond donors (Lipinski definition) is 20. The van der Waals surface area contributed by atoms with Crippen molar-refractivity contribution in [1.29, 1.82) is 0 Å². The minimum atomic E-state index is -1.89. The molecule has 4 heterocycles. The van der Waals surface area contributed by atoms with Crippen LogP contribution in [-0.4, -0.2) is 623 Å². The minimum absolute atomic E-state index is 0.00177. The van der Waals surface area contributed by atoms with Crippen molar-refractivity contribution in [3.05, 3.63) is 0 Å². The molecule has 2 unspecified atom stereocenters. The van der Waals surface area contributed by atoms with Crippen LogP contribution in [0.1, 0.15) is 27.7 Å². The monoisotopic (exact) mass is 1960 g/mol. The van der Waals surface area contributed by atoms with E-state index in [-0.39, 0.29) is 209 Å². The lowest BCUT2D eigenvalue weighted by atomic mass is 9.86. The van der Waals surface area contributed by atoms with Crippen molar-refractivity contribution in [2.45, 2.75) is 51.9 Å². The molecule has 8 amide bonds. The second-order valence-corrected chi connectivity index (χ2v) is 34.4. The van der Waals surface area contributed by atoms with Crippen LogP contribution in [0, 0.1) is 5.41 Å². The molecule has 56 nitrogen and oxygen atoms in total. The Kier molecular flexibility index (Phi) is 53.9. The van der Waals surface area contributed by atoms with E-state index in [2.05, 4.69) is 42.5 Å². The molecule has 0 radical (unpaired) electrons. The van der Waals surface area contributed by atoms with Gasteiger partial charge in [-0.3, -0.25) is 174 Å². The summed E-state index contributed by atoms with van der Waals surface area (Å²) in [4.78, 5) is 284. The third kappa shape index (κ3) is 50.6. The molecule has 4 atom stereocenters. The zero-order chi connectivity index (χ0) is 102. The molecule has 0 aromatic carbocycles. The van der Waals surface area contributed by atoms with Gasteiger partial charge in [-0.2, -0.15) is 0 Å². The van der Waals surface area contributed by atoms with Gasteiger partial charge in [0.1, 0.15) is 0 Å². The fraction of sp³-hybridized carbons (Fsp3) is 0.753. The van der Waals surface area contributed by atoms with Crippen molar-refractivity contribution < 1.29 is 157 Å². The molecule has 0 aromatic rings. The molecule has 20 N–H and O–H groups in total. The van der Waals surface area contributed by atoms with Gasteiger partial charge in [0, 0.05) is 241 Å². The topological polar surface area (TPSA) is 732 Å². The molecule has 4 saturated heterocycles. The van der Waals surface area contributed by atoms with Crippen LogP contribution in [0.3, 0.4) is 0 Å². The highest BCUT2D eigenvalue weighted by Gasteiger charge is 2.37. The number of carbonyl (C=O) groups is 20. The molecule has 0 aromatic heterocycles. The number of aliphatic carboxylic acids is 12. The summed E-state index contributed by atoms with van der Waals surface area (Å²) in [6.07, 6.45) is 0. The molecule has 137 heavy (non-hydrogen) atoms. The Morgan fingerprint density at radius 1 is 0.182 bits per heavy atom. The third-order valence-corrected chi connectivity index (χ3v) is 23.8. The molecule has 0 aliphatic carbocycles. The molecule has 0 bridgehead atoms. The summed E-state index contributed by atoms with van der Waals surface area (Å²) in [5, 5.41) is 138. The maximum Gasteiger partial charge on any atom is 0.317 e. The van der Waals surface area contributed by atoms with Gasteiger partial charge in [-0.25, -0.2) is 0 Å². The Morgan fingerprint density at radius 2 is 0.285 bits per heavy atom. The van der Waals surface area contributed by atoms with E-state index < -0.39 is 279 Å². The fourth-order valence-electron chi connectivity index (χ4n) is 15.6. The van der Waals surface area contributed by atoms with E-state index in [1.54, 1.807) is 19.6 Å². The number of carbonyl (C=O) groups excluding carboxylic acids is 8. The minimum Gasteiger partial charge on any atom is -0.480 e. The zero-order valence-electron chi connectivity index (χ0n) is 78.3. The third-order valence-electron chi connectivity index (χ3n) is 23.8. The average Bonchev–Trinajstić information content (AvgIpc) is 0.844. The van der Waals surface area contributed by atoms with Crippen LogP contribution in [0.2, 0.25) is 0 Å². The van der Waals surface area contributed by atoms with E-state index in [1.165, 1.54) is 86.5 Å². The summed E-state index contributed by atoms with van der Waals surface area (Å²) in [6.45, 7) is -5.00. The summed E-state index contributed by atoms with van der Waals surface area (Å²) in [7, 11) is 0. The first-order chi connectivity index (χ1) is 64.6. The van der Waals surface area contributed by atoms with Gasteiger partial charge in [-0.05, 0) is 27.7 Å². The number of rotatable bonds is 48. The van der Waals surface area contributed by atoms with Crippen LogP contribution in [0.25, 0.3) is 0 Å². The molecule has 4 aliphatic rings. The maximum atomic E-state index is 14.5. The summed E-state index contributed by atoms with van der Waals surface area (Å²) >= 11 is 0. The quantitative estimate of drug-likeness (QED) is 0.0269. The Hall–Kier alpha value is -11.2. The van der Waals surface area contributed by atoms with Gasteiger partial charge >= 0.3 is 71.6 Å². The van der Waals surface area contributed by atoms with Gasteiger partial charge in [0.15, 0.2) is 0 Å². The Bertz CT molecular complexity index is 3390. The van der Waals surface area contributed by atoms with Crippen molar-refractivity contribution in [2.75, 3.05) is 340 Å². The number of hydrogen-bond acceptors (Lipinski definition) is 36. The number of nitrogens with one attached hydrogen (secondary N) is 8. The van der Waals surface area contributed by atoms with Crippen LogP contribution in [0.5, 0.6) is 0 Å². The van der Waals surface area contributed by atoms with Gasteiger partial charge in [0.2, 0.25) is 47.3 Å². The highest BCUT2D eigenvalue weighted by Crippen LogP contribution is 2.17. The van der Waals surface area contributed by atoms with E-state index in [9.17, 15) is 157 Å². The zero-order valence-corrected chi connectivity index (χ0v) is 78.3. The lowest BCUT2D eigenvalue weighted by Gasteiger charge is -2.36. The molecule has 0 spiro atoms. The van der Waals surface area contributed by atoms with E-state index in [1.807, 2.05) is 0 Å². The second kappa shape index (κ2) is 62.6. The van der Waals surface area contributed by atoms with Crippen LogP contribution in [0.4, 0.5) is 0 Å². The molecule has 776 valence electrons. The summed E-state index contributed by atoms with van der Waals surface area (Å²) < 4.78 is 0. The predicted molar refractivity (Wildman–Crippen MR) is 480 cm³/mol. The molecule has 4 rings (SSSR count). The van der Waals surface area contributed by atoms with Crippen LogP contribution in [-0.2, 0) is 95.9 Å².